The predicted octanol–water partition coefficient (Wildman–Crippen LogP) is 13.7. The SMILES string of the molecule is c1ccc(-c2ccc3cc(-c4c5ccccc5c(-c5cccc6oc7cc(-c8ccccc8)ccc7c56)c5ccccc45)ccc3c2)cc1. The third-order valence-electron chi connectivity index (χ3n) is 10.0. The van der Waals surface area contributed by atoms with Crippen molar-refractivity contribution in [3.8, 4) is 44.5 Å². The van der Waals surface area contributed by atoms with E-state index in [1.807, 2.05) is 0 Å². The van der Waals surface area contributed by atoms with Crippen LogP contribution in [0.2, 0.25) is 0 Å². The van der Waals surface area contributed by atoms with E-state index in [2.05, 4.69) is 182 Å². The van der Waals surface area contributed by atoms with Gasteiger partial charge in [0.15, 0.2) is 0 Å². The quantitative estimate of drug-likeness (QED) is 0.178. The van der Waals surface area contributed by atoms with Crippen molar-refractivity contribution in [3.63, 3.8) is 0 Å². The Morgan fingerprint density at radius 1 is 0.286 bits per heavy atom. The summed E-state index contributed by atoms with van der Waals surface area (Å²) in [6, 6.07) is 65.7. The van der Waals surface area contributed by atoms with Crippen LogP contribution in [0.5, 0.6) is 0 Å². The smallest absolute Gasteiger partial charge is 0.136 e. The molecular formula is C48H30O. The highest BCUT2D eigenvalue weighted by atomic mass is 16.3. The third kappa shape index (κ3) is 4.47. The van der Waals surface area contributed by atoms with E-state index in [1.54, 1.807) is 0 Å². The maximum Gasteiger partial charge on any atom is 0.136 e. The van der Waals surface area contributed by atoms with E-state index < -0.39 is 0 Å². The zero-order valence-electron chi connectivity index (χ0n) is 26.7. The summed E-state index contributed by atoms with van der Waals surface area (Å²) in [7, 11) is 0. The zero-order valence-corrected chi connectivity index (χ0v) is 26.7. The second-order valence-electron chi connectivity index (χ2n) is 12.8. The van der Waals surface area contributed by atoms with Gasteiger partial charge >= 0.3 is 0 Å². The standard InChI is InChI=1S/C48H30O/c1-3-12-31(13-4-1)33-22-23-35-29-37(25-24-34(35)28-33)46-38-16-7-9-18-40(38)47(41-19-10-8-17-39(41)46)43-20-11-21-44-48(43)42-27-26-36(30-45(42)49-44)32-14-5-2-6-15-32/h1-30H. The minimum atomic E-state index is 0.902. The van der Waals surface area contributed by atoms with Crippen molar-refractivity contribution in [1.82, 2.24) is 0 Å². The molecule has 1 nitrogen and oxygen atoms in total. The van der Waals surface area contributed by atoms with Gasteiger partial charge in [-0.3, -0.25) is 0 Å². The van der Waals surface area contributed by atoms with E-state index >= 15 is 0 Å². The van der Waals surface area contributed by atoms with Gasteiger partial charge in [0.1, 0.15) is 11.2 Å². The molecule has 0 amide bonds. The van der Waals surface area contributed by atoms with E-state index in [1.165, 1.54) is 71.3 Å². The number of hydrogen-bond donors (Lipinski definition) is 0. The van der Waals surface area contributed by atoms with Crippen LogP contribution in [0.25, 0.3) is 98.8 Å². The van der Waals surface area contributed by atoms with Crippen LogP contribution < -0.4 is 0 Å². The highest BCUT2D eigenvalue weighted by Gasteiger charge is 2.20. The van der Waals surface area contributed by atoms with E-state index in [0.29, 0.717) is 0 Å². The Morgan fingerprint density at radius 3 is 1.43 bits per heavy atom. The van der Waals surface area contributed by atoms with Crippen LogP contribution >= 0.6 is 0 Å². The van der Waals surface area contributed by atoms with Crippen molar-refractivity contribution in [2.45, 2.75) is 0 Å². The fraction of sp³-hybridized carbons (Fsp3) is 0. The van der Waals surface area contributed by atoms with Crippen molar-refractivity contribution < 1.29 is 4.42 Å². The summed E-state index contributed by atoms with van der Waals surface area (Å²) < 4.78 is 6.57. The molecule has 1 aromatic heterocycles. The molecule has 10 aromatic rings. The summed E-state index contributed by atoms with van der Waals surface area (Å²) in [5, 5.41) is 9.72. The summed E-state index contributed by atoms with van der Waals surface area (Å²) in [4.78, 5) is 0. The Kier molecular flexibility index (Phi) is 6.25. The summed E-state index contributed by atoms with van der Waals surface area (Å²) in [5.74, 6) is 0. The van der Waals surface area contributed by atoms with Crippen molar-refractivity contribution in [1.29, 1.82) is 0 Å². The van der Waals surface area contributed by atoms with E-state index in [4.69, 9.17) is 4.42 Å². The molecule has 0 saturated heterocycles. The lowest BCUT2D eigenvalue weighted by Crippen LogP contribution is -1.91. The Balaban J connectivity index is 1.20. The maximum absolute atomic E-state index is 6.57. The molecule has 0 aliphatic heterocycles. The molecule has 0 aliphatic carbocycles. The lowest BCUT2D eigenvalue weighted by molar-refractivity contribution is 0.669. The molecule has 0 bridgehead atoms. The Bertz CT molecular complexity index is 2800. The van der Waals surface area contributed by atoms with Gasteiger partial charge in [0, 0.05) is 10.8 Å². The number of hydrogen-bond acceptors (Lipinski definition) is 1. The molecule has 0 aliphatic rings. The molecule has 10 rings (SSSR count). The predicted molar refractivity (Wildman–Crippen MR) is 208 cm³/mol. The molecule has 228 valence electrons. The molecule has 49 heavy (non-hydrogen) atoms. The number of benzene rings is 9. The molecule has 0 unspecified atom stereocenters. The first-order valence-corrected chi connectivity index (χ1v) is 16.8. The van der Waals surface area contributed by atoms with Gasteiger partial charge < -0.3 is 4.42 Å². The van der Waals surface area contributed by atoms with Crippen molar-refractivity contribution in [3.05, 3.63) is 182 Å². The summed E-state index contributed by atoms with van der Waals surface area (Å²) >= 11 is 0. The monoisotopic (exact) mass is 622 g/mol. The third-order valence-corrected chi connectivity index (χ3v) is 10.0. The zero-order chi connectivity index (χ0) is 32.3. The van der Waals surface area contributed by atoms with E-state index in [9.17, 15) is 0 Å². The minimum Gasteiger partial charge on any atom is -0.456 e. The van der Waals surface area contributed by atoms with Gasteiger partial charge in [0.05, 0.1) is 0 Å². The highest BCUT2D eigenvalue weighted by molar-refractivity contribution is 6.26. The van der Waals surface area contributed by atoms with Crippen LogP contribution in [-0.2, 0) is 0 Å². The summed E-state index contributed by atoms with van der Waals surface area (Å²) in [6.45, 7) is 0. The van der Waals surface area contributed by atoms with E-state index in [0.717, 1.165) is 27.5 Å². The molecule has 0 atom stereocenters. The first-order chi connectivity index (χ1) is 24.3. The second kappa shape index (κ2) is 11.1. The van der Waals surface area contributed by atoms with Gasteiger partial charge in [-0.25, -0.2) is 0 Å². The van der Waals surface area contributed by atoms with Crippen molar-refractivity contribution >= 4 is 54.3 Å². The molecule has 0 radical (unpaired) electrons. The number of fused-ring (bicyclic) bond motifs is 6. The highest BCUT2D eigenvalue weighted by Crippen LogP contribution is 2.47. The fourth-order valence-electron chi connectivity index (χ4n) is 7.79. The van der Waals surface area contributed by atoms with Gasteiger partial charge in [-0.05, 0) is 107 Å². The van der Waals surface area contributed by atoms with Gasteiger partial charge in [0.2, 0.25) is 0 Å². The molecule has 0 saturated carbocycles. The molecule has 0 N–H and O–H groups in total. The summed E-state index contributed by atoms with van der Waals surface area (Å²) in [6.07, 6.45) is 0. The minimum absolute atomic E-state index is 0.902. The average Bonchev–Trinajstić information content (AvgIpc) is 3.56. The van der Waals surface area contributed by atoms with Gasteiger partial charge in [-0.15, -0.1) is 0 Å². The van der Waals surface area contributed by atoms with Gasteiger partial charge in [0.25, 0.3) is 0 Å². The Morgan fingerprint density at radius 2 is 0.796 bits per heavy atom. The molecule has 9 aromatic carbocycles. The van der Waals surface area contributed by atoms with Gasteiger partial charge in [-0.1, -0.05) is 152 Å². The van der Waals surface area contributed by atoms with Crippen molar-refractivity contribution in [2.24, 2.45) is 0 Å². The van der Waals surface area contributed by atoms with Gasteiger partial charge in [-0.2, -0.15) is 0 Å². The lowest BCUT2D eigenvalue weighted by Gasteiger charge is -2.18. The summed E-state index contributed by atoms with van der Waals surface area (Å²) in [5.41, 5.74) is 11.5. The maximum atomic E-state index is 6.57. The number of furan rings is 1. The Hall–Kier alpha value is -6.44. The van der Waals surface area contributed by atoms with Crippen LogP contribution in [0.4, 0.5) is 0 Å². The molecule has 0 spiro atoms. The topological polar surface area (TPSA) is 13.1 Å². The lowest BCUT2D eigenvalue weighted by atomic mass is 9.84. The molecular weight excluding hydrogens is 593 g/mol. The molecule has 1 heterocycles. The first-order valence-electron chi connectivity index (χ1n) is 16.8. The largest absolute Gasteiger partial charge is 0.456 e. The normalized spacial score (nSPS) is 11.7. The van der Waals surface area contributed by atoms with Crippen LogP contribution in [0, 0.1) is 0 Å². The van der Waals surface area contributed by atoms with Crippen LogP contribution in [0.1, 0.15) is 0 Å². The first kappa shape index (κ1) is 27.7. The molecule has 1 heteroatoms. The number of rotatable bonds is 4. The average molecular weight is 623 g/mol. The van der Waals surface area contributed by atoms with E-state index in [-0.39, 0.29) is 0 Å². The van der Waals surface area contributed by atoms with Crippen LogP contribution in [0.15, 0.2) is 186 Å². The van der Waals surface area contributed by atoms with Crippen LogP contribution in [-0.4, -0.2) is 0 Å². The fourth-order valence-corrected chi connectivity index (χ4v) is 7.79. The van der Waals surface area contributed by atoms with Crippen LogP contribution in [0.3, 0.4) is 0 Å². The van der Waals surface area contributed by atoms with Crippen molar-refractivity contribution in [2.75, 3.05) is 0 Å². The second-order valence-corrected chi connectivity index (χ2v) is 12.8. The Labute approximate surface area is 284 Å². The molecule has 0 fully saturated rings.